The lowest BCUT2D eigenvalue weighted by atomic mass is 10.6. The van der Waals surface area contributed by atoms with Crippen LogP contribution in [0.25, 0.3) is 0 Å². The van der Waals surface area contributed by atoms with Gasteiger partial charge in [0.25, 0.3) is 0 Å². The lowest BCUT2D eigenvalue weighted by Crippen LogP contribution is -2.22. The van der Waals surface area contributed by atoms with Gasteiger partial charge in [-0.05, 0) is 12.2 Å². The fraction of sp³-hybridized carbons (Fsp3) is 1.00. The zero-order chi connectivity index (χ0) is 7.82. The number of hydrogen-bond donors (Lipinski definition) is 1. The summed E-state index contributed by atoms with van der Waals surface area (Å²) in [5, 5.41) is 0. The molecule has 0 bridgehead atoms. The van der Waals surface area contributed by atoms with Gasteiger partial charge in [0, 0.05) is 0 Å². The SMILES string of the molecule is C.C.C.C.[SiH3]OC(O[SiH3])[SiH2]CCCS. The molecule has 0 aromatic carbocycles. The highest BCUT2D eigenvalue weighted by atomic mass is 32.1. The van der Waals surface area contributed by atoms with Crippen LogP contribution in [0.15, 0.2) is 0 Å². The summed E-state index contributed by atoms with van der Waals surface area (Å²) in [4.78, 5) is 0. The highest BCUT2D eigenvalue weighted by Gasteiger charge is 2.02. The van der Waals surface area contributed by atoms with Gasteiger partial charge >= 0.3 is 0 Å². The molecule has 14 heavy (non-hydrogen) atoms. The largest absolute Gasteiger partial charge is 0.408 e. The first-order valence-corrected chi connectivity index (χ1v) is 7.59. The van der Waals surface area contributed by atoms with E-state index in [0.717, 1.165) is 26.7 Å². The van der Waals surface area contributed by atoms with E-state index in [1.165, 1.54) is 12.5 Å². The first-order valence-electron chi connectivity index (χ1n) is 3.51. The third-order valence-corrected chi connectivity index (χ3v) is 6.12. The minimum Gasteiger partial charge on any atom is -0.408 e. The van der Waals surface area contributed by atoms with E-state index in [1.807, 2.05) is 0 Å². The van der Waals surface area contributed by atoms with Crippen LogP contribution in [0.4, 0.5) is 0 Å². The second-order valence-electron chi connectivity index (χ2n) is 2.12. The van der Waals surface area contributed by atoms with Crippen molar-refractivity contribution in [2.45, 2.75) is 48.1 Å². The Labute approximate surface area is 106 Å². The van der Waals surface area contributed by atoms with Crippen molar-refractivity contribution in [2.24, 2.45) is 0 Å². The van der Waals surface area contributed by atoms with Crippen molar-refractivity contribution in [3.8, 4) is 0 Å². The molecule has 0 aromatic heterocycles. The second-order valence-corrected chi connectivity index (χ2v) is 5.46. The average molecular weight is 277 g/mol. The predicted octanol–water partition coefficient (Wildman–Crippen LogP) is 0.315. The Hall–Kier alpha value is 0.921. The molecule has 0 saturated carbocycles. The van der Waals surface area contributed by atoms with E-state index in [4.69, 9.17) is 8.85 Å². The van der Waals surface area contributed by atoms with Gasteiger partial charge in [0.2, 0.25) is 0 Å². The van der Waals surface area contributed by atoms with Crippen LogP contribution in [0.2, 0.25) is 6.04 Å². The summed E-state index contributed by atoms with van der Waals surface area (Å²) in [5.41, 5.74) is 0. The molecule has 0 spiro atoms. The summed E-state index contributed by atoms with van der Waals surface area (Å²) in [6.45, 7) is 0. The molecule has 6 heteroatoms. The number of hydrogen-bond acceptors (Lipinski definition) is 3. The van der Waals surface area contributed by atoms with Gasteiger partial charge in [0.05, 0.1) is 9.52 Å². The molecule has 0 radical (unpaired) electrons. The van der Waals surface area contributed by atoms with E-state index < -0.39 is 0 Å². The van der Waals surface area contributed by atoms with Crippen molar-refractivity contribution >= 4 is 43.1 Å². The predicted molar refractivity (Wildman–Crippen MR) is 84.6 cm³/mol. The van der Waals surface area contributed by atoms with Crippen LogP contribution in [-0.4, -0.2) is 42.2 Å². The second kappa shape index (κ2) is 23.6. The van der Waals surface area contributed by atoms with Crippen LogP contribution in [-0.2, 0) is 8.85 Å². The minimum atomic E-state index is -0.110. The lowest BCUT2D eigenvalue weighted by Gasteiger charge is -2.12. The third-order valence-electron chi connectivity index (χ3n) is 1.37. The van der Waals surface area contributed by atoms with E-state index in [9.17, 15) is 0 Å². The lowest BCUT2D eigenvalue weighted by molar-refractivity contribution is 0.0920. The monoisotopic (exact) mass is 276 g/mol. The Kier molecular flexibility index (Phi) is 49.6. The molecule has 0 fully saturated rings. The van der Waals surface area contributed by atoms with Crippen molar-refractivity contribution in [1.82, 2.24) is 0 Å². The van der Waals surface area contributed by atoms with Crippen LogP contribution in [0.3, 0.4) is 0 Å². The summed E-state index contributed by atoms with van der Waals surface area (Å²) in [5.74, 6) is 1.24. The maximum absolute atomic E-state index is 5.23. The van der Waals surface area contributed by atoms with E-state index in [1.54, 1.807) is 0 Å². The third kappa shape index (κ3) is 18.7. The van der Waals surface area contributed by atoms with E-state index in [0.29, 0.717) is 0 Å². The fourth-order valence-electron chi connectivity index (χ4n) is 0.755. The quantitative estimate of drug-likeness (QED) is 0.326. The molecule has 0 amide bonds. The molecule has 0 aromatic rings. The van der Waals surface area contributed by atoms with Gasteiger partial charge in [0.15, 0.2) is 0 Å². The van der Waals surface area contributed by atoms with Gasteiger partial charge < -0.3 is 8.85 Å². The van der Waals surface area contributed by atoms with Gasteiger partial charge in [-0.3, -0.25) is 0 Å². The van der Waals surface area contributed by atoms with Crippen molar-refractivity contribution in [3.63, 3.8) is 0 Å². The smallest absolute Gasteiger partial charge is 0.148 e. The van der Waals surface area contributed by atoms with Gasteiger partial charge in [-0.1, -0.05) is 35.8 Å². The fourth-order valence-corrected chi connectivity index (χ4v) is 4.93. The van der Waals surface area contributed by atoms with Crippen molar-refractivity contribution in [1.29, 1.82) is 0 Å². The molecule has 0 aliphatic heterocycles. The average Bonchev–Trinajstić information content (AvgIpc) is 1.99. The molecule has 0 unspecified atom stereocenters. The molecule has 0 saturated heterocycles. The first kappa shape index (κ1) is 29.4. The summed E-state index contributed by atoms with van der Waals surface area (Å²) in [7, 11) is 1.52. The minimum absolute atomic E-state index is 0. The molecule has 2 nitrogen and oxygen atoms in total. The van der Waals surface area contributed by atoms with Gasteiger partial charge in [0.1, 0.15) is 26.9 Å². The molecule has 0 atom stereocenters. The molecule has 0 aliphatic carbocycles. The molecule has 0 N–H and O–H groups in total. The summed E-state index contributed by atoms with van der Waals surface area (Å²) in [6.07, 6.45) is 1.22. The highest BCUT2D eigenvalue weighted by Crippen LogP contribution is 1.96. The Morgan fingerprint density at radius 1 is 1.07 bits per heavy atom. The van der Waals surface area contributed by atoms with E-state index in [2.05, 4.69) is 12.6 Å². The van der Waals surface area contributed by atoms with Gasteiger partial charge in [-0.25, -0.2) is 0 Å². The zero-order valence-electron chi connectivity index (χ0n) is 6.67. The molecular weight excluding hydrogens is 244 g/mol. The zero-order valence-corrected chi connectivity index (χ0v) is 13.0. The van der Waals surface area contributed by atoms with Gasteiger partial charge in [-0.2, -0.15) is 12.6 Å². The molecule has 0 heterocycles. The summed E-state index contributed by atoms with van der Waals surface area (Å²) >= 11 is 4.14. The van der Waals surface area contributed by atoms with Crippen LogP contribution in [0.5, 0.6) is 0 Å². The molecule has 0 aliphatic rings. The summed E-state index contributed by atoms with van der Waals surface area (Å²) < 4.78 is 10.5. The van der Waals surface area contributed by atoms with Crippen molar-refractivity contribution in [3.05, 3.63) is 0 Å². The Bertz CT molecular complexity index is 75.6. The normalized spacial score (nSPS) is 10.9. The molecule has 94 valence electrons. The maximum Gasteiger partial charge on any atom is 0.148 e. The highest BCUT2D eigenvalue weighted by molar-refractivity contribution is 7.80. The molecular formula is C8H32O2SSi3. The first-order chi connectivity index (χ1) is 4.85. The molecule has 0 rings (SSSR count). The van der Waals surface area contributed by atoms with Crippen LogP contribution < -0.4 is 0 Å². The van der Waals surface area contributed by atoms with Crippen LogP contribution in [0, 0.1) is 0 Å². The van der Waals surface area contributed by atoms with E-state index in [-0.39, 0.29) is 45.1 Å². The summed E-state index contributed by atoms with van der Waals surface area (Å²) in [6, 6.07) is 1.30. The van der Waals surface area contributed by atoms with Crippen molar-refractivity contribution in [2.75, 3.05) is 5.75 Å². The Morgan fingerprint density at radius 2 is 1.50 bits per heavy atom. The standard InChI is InChI=1S/C4H16O2SSi3.4CH4/c7-2-1-3-10-4(5-8)6-9;;;;/h4,7H,1-3,10H2,8-9H3;4*1H4. The van der Waals surface area contributed by atoms with Crippen molar-refractivity contribution < 1.29 is 8.85 Å². The van der Waals surface area contributed by atoms with Crippen LogP contribution in [0.1, 0.15) is 36.1 Å². The topological polar surface area (TPSA) is 18.5 Å². The number of rotatable bonds is 6. The Balaban J connectivity index is -0.0000000675. The maximum atomic E-state index is 5.23. The van der Waals surface area contributed by atoms with Gasteiger partial charge in [-0.15, -0.1) is 0 Å². The van der Waals surface area contributed by atoms with E-state index >= 15 is 0 Å². The van der Waals surface area contributed by atoms with Crippen LogP contribution >= 0.6 is 12.6 Å². The number of thiol groups is 1. The Morgan fingerprint density at radius 3 is 1.79 bits per heavy atom.